The van der Waals surface area contributed by atoms with Gasteiger partial charge in [-0.1, -0.05) is 0 Å². The number of rotatable bonds is 17. The Morgan fingerprint density at radius 3 is 1.72 bits per heavy atom. The summed E-state index contributed by atoms with van der Waals surface area (Å²) in [5.41, 5.74) is 0. The molecule has 0 aliphatic carbocycles. The first-order chi connectivity index (χ1) is 30.5. The van der Waals surface area contributed by atoms with Gasteiger partial charge in [0.15, 0.2) is 25.2 Å². The molecule has 0 aromatic carbocycles. The maximum absolute atomic E-state index is 12.6. The number of ether oxygens (including phenoxy) is 9. The lowest BCUT2D eigenvalue weighted by Crippen LogP contribution is -2.70. The highest BCUT2D eigenvalue weighted by Gasteiger charge is 2.58. The SMILES string of the molecule is CC(=O)N[C@H]1[C@H](O[C@H]2[C@@H](O)[C@@H](CO)O[C@@H](O[C@H]3[C@H](O)[C@@H](O)[C@H](O)O[C@@H]3CO)[C@@H]2O)O[C@H](CO)[C@@H](O)[C@@H]1O[C@@H]1O[C@H](CO[C@]2(C(=O)O)C[C@H](O)[C@@H](O)[C@H]([C@H](O)[C@H](O)CO)O2)[C@H](O)[C@H](O)[C@H]1O. The molecule has 65 heavy (non-hydrogen) atoms. The van der Waals surface area contributed by atoms with E-state index >= 15 is 0 Å². The van der Waals surface area contributed by atoms with Crippen molar-refractivity contribution in [1.82, 2.24) is 5.32 Å². The number of hydrogen-bond donors (Lipinski definition) is 19. The first-order valence-corrected chi connectivity index (χ1v) is 20.2. The van der Waals surface area contributed by atoms with Crippen LogP contribution in [0.5, 0.6) is 0 Å². The van der Waals surface area contributed by atoms with Crippen molar-refractivity contribution >= 4 is 11.9 Å². The second kappa shape index (κ2) is 22.5. The summed E-state index contributed by atoms with van der Waals surface area (Å²) >= 11 is 0. The van der Waals surface area contributed by atoms with E-state index in [1.807, 2.05) is 0 Å². The van der Waals surface area contributed by atoms with E-state index in [1.165, 1.54) is 0 Å². The molecule has 0 saturated carbocycles. The van der Waals surface area contributed by atoms with Crippen LogP contribution in [0.2, 0.25) is 0 Å². The van der Waals surface area contributed by atoms with E-state index in [2.05, 4.69) is 5.32 Å². The van der Waals surface area contributed by atoms with Crippen LogP contribution in [0, 0.1) is 0 Å². The van der Waals surface area contributed by atoms with Crippen LogP contribution in [-0.4, -0.2) is 296 Å². The van der Waals surface area contributed by atoms with Crippen molar-refractivity contribution in [3.63, 3.8) is 0 Å². The van der Waals surface area contributed by atoms with Crippen molar-refractivity contribution in [1.29, 1.82) is 0 Å². The van der Waals surface area contributed by atoms with Gasteiger partial charge in [-0.3, -0.25) is 4.79 Å². The highest BCUT2D eigenvalue weighted by atomic mass is 16.8. The third-order valence-electron chi connectivity index (χ3n) is 11.7. The first-order valence-electron chi connectivity index (χ1n) is 20.2. The summed E-state index contributed by atoms with van der Waals surface area (Å²) in [7, 11) is 0. The average molecular weight is 958 g/mol. The van der Waals surface area contributed by atoms with Gasteiger partial charge in [-0.25, -0.2) is 4.79 Å². The molecule has 5 aliphatic heterocycles. The molecule has 5 saturated heterocycles. The number of amides is 1. The van der Waals surface area contributed by atoms with Crippen LogP contribution in [0.3, 0.4) is 0 Å². The van der Waals surface area contributed by atoms with Crippen LogP contribution in [0.25, 0.3) is 0 Å². The van der Waals surface area contributed by atoms with Crippen LogP contribution in [-0.2, 0) is 52.2 Å². The Hall–Kier alpha value is -2.10. The first kappa shape index (κ1) is 53.8. The fraction of sp³-hybridized carbons (Fsp3) is 0.943. The van der Waals surface area contributed by atoms with E-state index in [4.69, 9.17) is 42.6 Å². The van der Waals surface area contributed by atoms with Gasteiger partial charge in [0.05, 0.1) is 39.1 Å². The number of carbonyl (C=O) groups is 2. The van der Waals surface area contributed by atoms with Gasteiger partial charge in [0.2, 0.25) is 5.91 Å². The summed E-state index contributed by atoms with van der Waals surface area (Å²) in [6, 6.07) is -1.81. The monoisotopic (exact) mass is 957 g/mol. The van der Waals surface area contributed by atoms with Crippen molar-refractivity contribution < 1.29 is 144 Å². The number of carboxylic acids is 1. The van der Waals surface area contributed by atoms with Crippen molar-refractivity contribution in [3.05, 3.63) is 0 Å². The number of carboxylic acid groups (broad SMARTS) is 1. The molecule has 0 aromatic rings. The van der Waals surface area contributed by atoms with E-state index in [0.717, 1.165) is 6.92 Å². The summed E-state index contributed by atoms with van der Waals surface area (Å²) in [6.45, 7) is -4.15. The number of aliphatic hydroxyl groups is 17. The molecule has 30 heteroatoms. The minimum atomic E-state index is -2.97. The van der Waals surface area contributed by atoms with Gasteiger partial charge in [0.25, 0.3) is 5.79 Å². The lowest BCUT2D eigenvalue weighted by molar-refractivity contribution is -0.381. The number of hydrogen-bond acceptors (Lipinski definition) is 28. The molecule has 26 atom stereocenters. The molecule has 5 aliphatic rings. The summed E-state index contributed by atoms with van der Waals surface area (Å²) < 4.78 is 50.0. The van der Waals surface area contributed by atoms with E-state index in [9.17, 15) is 102 Å². The Morgan fingerprint density at radius 1 is 0.615 bits per heavy atom. The van der Waals surface area contributed by atoms with Gasteiger partial charge in [-0.05, 0) is 0 Å². The van der Waals surface area contributed by atoms with Crippen LogP contribution in [0.15, 0.2) is 0 Å². The molecule has 0 aromatic heterocycles. The largest absolute Gasteiger partial charge is 0.477 e. The smallest absolute Gasteiger partial charge is 0.364 e. The van der Waals surface area contributed by atoms with Crippen LogP contribution in [0.1, 0.15) is 13.3 Å². The number of nitrogens with one attached hydrogen (secondary N) is 1. The molecule has 5 heterocycles. The second-order valence-electron chi connectivity index (χ2n) is 16.1. The molecule has 0 bridgehead atoms. The quantitative estimate of drug-likeness (QED) is 0.0643. The second-order valence-corrected chi connectivity index (χ2v) is 16.1. The van der Waals surface area contributed by atoms with Gasteiger partial charge in [0.1, 0.15) is 122 Å². The number of carbonyl (C=O) groups excluding carboxylic acids is 1. The molecule has 1 amide bonds. The van der Waals surface area contributed by atoms with Crippen molar-refractivity contribution in [2.24, 2.45) is 0 Å². The zero-order valence-electron chi connectivity index (χ0n) is 34.2. The summed E-state index contributed by atoms with van der Waals surface area (Å²) in [4.78, 5) is 25.1. The van der Waals surface area contributed by atoms with E-state index in [0.29, 0.717) is 0 Å². The molecule has 5 fully saturated rings. The van der Waals surface area contributed by atoms with Crippen LogP contribution >= 0.6 is 0 Å². The molecule has 0 spiro atoms. The minimum absolute atomic E-state index is 0.888. The lowest BCUT2D eigenvalue weighted by Gasteiger charge is -2.50. The predicted molar refractivity (Wildman–Crippen MR) is 195 cm³/mol. The third kappa shape index (κ3) is 11.3. The number of aliphatic hydroxyl groups excluding tert-OH is 17. The molecule has 0 unspecified atom stereocenters. The van der Waals surface area contributed by atoms with Gasteiger partial charge in [-0.2, -0.15) is 0 Å². The summed E-state index contributed by atoms with van der Waals surface area (Å²) in [5, 5.41) is 190. The molecular weight excluding hydrogens is 898 g/mol. The van der Waals surface area contributed by atoms with Gasteiger partial charge in [0, 0.05) is 13.3 Å². The maximum atomic E-state index is 12.6. The average Bonchev–Trinajstić information content (AvgIpc) is 3.27. The molecule has 378 valence electrons. The molecular formula is C35H59NO29. The lowest BCUT2D eigenvalue weighted by atomic mass is 9.90. The van der Waals surface area contributed by atoms with E-state index < -0.39 is 210 Å². The Labute approximate surface area is 366 Å². The highest BCUT2D eigenvalue weighted by molar-refractivity contribution is 5.76. The van der Waals surface area contributed by atoms with E-state index in [-0.39, 0.29) is 0 Å². The Kier molecular flexibility index (Phi) is 18.7. The fourth-order valence-electron chi connectivity index (χ4n) is 7.99. The molecule has 5 rings (SSSR count). The Balaban J connectivity index is 1.39. The van der Waals surface area contributed by atoms with Crippen LogP contribution in [0.4, 0.5) is 0 Å². The molecule has 30 nitrogen and oxygen atoms in total. The number of aliphatic carboxylic acids is 1. The Bertz CT molecular complexity index is 1540. The normalized spacial score (nSPS) is 48.3. The van der Waals surface area contributed by atoms with Crippen molar-refractivity contribution in [2.45, 2.75) is 172 Å². The summed E-state index contributed by atoms with van der Waals surface area (Å²) in [5.74, 6) is -5.83. The van der Waals surface area contributed by atoms with E-state index in [1.54, 1.807) is 0 Å². The highest BCUT2D eigenvalue weighted by Crippen LogP contribution is 2.37. The van der Waals surface area contributed by atoms with Gasteiger partial charge in [-0.15, -0.1) is 0 Å². The standard InChI is InChI=1S/C35H59NO29/c1-8(41)36-15-27(63-32-24(52)21(49)18(46)14(61-32)7-57-35(34(55)56)2-9(42)16(44)29(65-35)17(45)10(43)3-37)19(47)11(4-38)59-31(15)64-28-20(48)12(5-39)60-33(25(28)53)62-26-13(6-40)58-30(54)23(51)22(26)50/h9-33,37-40,42-54H,2-7H2,1H3,(H,36,41)(H,55,56)/t9-,10+,11+,12+,13+,14+,15+,16+,17+,18-,19+,20-,21-,22+,23+,24+,25+,26+,27+,28-,29+,30+,31-,32-,33-,35+/m0/s1. The zero-order valence-corrected chi connectivity index (χ0v) is 34.2. The zero-order chi connectivity index (χ0) is 48.4. The van der Waals surface area contributed by atoms with Gasteiger partial charge >= 0.3 is 5.97 Å². The topological polar surface area (TPSA) is 493 Å². The van der Waals surface area contributed by atoms with Gasteiger partial charge < -0.3 is 140 Å². The summed E-state index contributed by atoms with van der Waals surface area (Å²) in [6.07, 6.45) is -48.7. The van der Waals surface area contributed by atoms with Crippen LogP contribution < -0.4 is 5.32 Å². The Morgan fingerprint density at radius 2 is 1.15 bits per heavy atom. The molecule has 0 radical (unpaired) electrons. The minimum Gasteiger partial charge on any atom is -0.477 e. The molecule has 19 N–H and O–H groups in total. The van der Waals surface area contributed by atoms with Crippen molar-refractivity contribution in [3.8, 4) is 0 Å². The van der Waals surface area contributed by atoms with Crippen molar-refractivity contribution in [2.75, 3.05) is 33.0 Å². The third-order valence-corrected chi connectivity index (χ3v) is 11.7. The maximum Gasteiger partial charge on any atom is 0.364 e. The fourth-order valence-corrected chi connectivity index (χ4v) is 7.99. The predicted octanol–water partition coefficient (Wildman–Crippen LogP) is -12.6.